The van der Waals surface area contributed by atoms with Crippen LogP contribution in [-0.2, 0) is 4.79 Å². The summed E-state index contributed by atoms with van der Waals surface area (Å²) in [6.07, 6.45) is 0. The molecule has 0 bridgehead atoms. The maximum absolute atomic E-state index is 10.4. The quantitative estimate of drug-likeness (QED) is 0.765. The molecule has 0 saturated heterocycles. The fourth-order valence-electron chi connectivity index (χ4n) is 1.42. The number of benzene rings is 1. The fourth-order valence-corrected chi connectivity index (χ4v) is 1.42. The van der Waals surface area contributed by atoms with E-state index in [2.05, 4.69) is 5.32 Å². The summed E-state index contributed by atoms with van der Waals surface area (Å²) in [6, 6.07) is 8.04. The van der Waals surface area contributed by atoms with Crippen molar-refractivity contribution in [1.82, 2.24) is 5.32 Å². The summed E-state index contributed by atoms with van der Waals surface area (Å²) in [7, 11) is 0. The molecular formula is C11H15NO2. The molecule has 0 spiro atoms. The highest BCUT2D eigenvalue weighted by molar-refractivity contribution is 5.69. The highest BCUT2D eigenvalue weighted by Gasteiger charge is 2.07. The summed E-state index contributed by atoms with van der Waals surface area (Å²) in [6.45, 7) is 3.98. The Morgan fingerprint density at radius 3 is 2.71 bits per heavy atom. The van der Waals surface area contributed by atoms with Gasteiger partial charge in [-0.05, 0) is 25.0 Å². The van der Waals surface area contributed by atoms with Gasteiger partial charge in [0, 0.05) is 6.04 Å². The lowest BCUT2D eigenvalue weighted by molar-refractivity contribution is -0.136. The number of carboxylic acids is 1. The molecule has 0 radical (unpaired) electrons. The Labute approximate surface area is 83.8 Å². The molecule has 1 aromatic rings. The van der Waals surface area contributed by atoms with Gasteiger partial charge in [-0.3, -0.25) is 4.79 Å². The smallest absolute Gasteiger partial charge is 0.317 e. The number of aliphatic carboxylic acids is 1. The van der Waals surface area contributed by atoms with E-state index in [-0.39, 0.29) is 12.6 Å². The van der Waals surface area contributed by atoms with Gasteiger partial charge in [0.15, 0.2) is 0 Å². The number of nitrogens with one attached hydrogen (secondary N) is 1. The van der Waals surface area contributed by atoms with Crippen LogP contribution in [0.1, 0.15) is 24.1 Å². The zero-order valence-electron chi connectivity index (χ0n) is 8.45. The van der Waals surface area contributed by atoms with E-state index >= 15 is 0 Å². The summed E-state index contributed by atoms with van der Waals surface area (Å²) >= 11 is 0. The van der Waals surface area contributed by atoms with Gasteiger partial charge in [0.25, 0.3) is 0 Å². The van der Waals surface area contributed by atoms with Crippen LogP contribution in [0.2, 0.25) is 0 Å². The first-order valence-electron chi connectivity index (χ1n) is 4.62. The molecule has 0 heterocycles. The van der Waals surface area contributed by atoms with Crippen molar-refractivity contribution in [2.24, 2.45) is 0 Å². The average Bonchev–Trinajstić information content (AvgIpc) is 2.15. The Balaban J connectivity index is 2.65. The second-order valence-corrected chi connectivity index (χ2v) is 3.35. The summed E-state index contributed by atoms with van der Waals surface area (Å²) in [5, 5.41) is 11.5. The zero-order chi connectivity index (χ0) is 10.6. The van der Waals surface area contributed by atoms with Gasteiger partial charge in [0.05, 0.1) is 6.54 Å². The van der Waals surface area contributed by atoms with Crippen LogP contribution in [0.3, 0.4) is 0 Å². The Morgan fingerprint density at radius 2 is 2.14 bits per heavy atom. The predicted octanol–water partition coefficient (Wildman–Crippen LogP) is 1.73. The molecule has 0 aromatic heterocycles. The first kappa shape index (κ1) is 10.7. The number of rotatable bonds is 4. The highest BCUT2D eigenvalue weighted by Crippen LogP contribution is 2.15. The van der Waals surface area contributed by atoms with E-state index in [1.165, 1.54) is 5.56 Å². The van der Waals surface area contributed by atoms with Crippen molar-refractivity contribution in [2.75, 3.05) is 6.54 Å². The topological polar surface area (TPSA) is 49.3 Å². The van der Waals surface area contributed by atoms with Crippen molar-refractivity contribution in [3.05, 3.63) is 35.4 Å². The van der Waals surface area contributed by atoms with Crippen molar-refractivity contribution in [1.29, 1.82) is 0 Å². The highest BCUT2D eigenvalue weighted by atomic mass is 16.4. The molecule has 14 heavy (non-hydrogen) atoms. The van der Waals surface area contributed by atoms with Crippen LogP contribution in [0, 0.1) is 6.92 Å². The van der Waals surface area contributed by atoms with Gasteiger partial charge in [-0.15, -0.1) is 0 Å². The van der Waals surface area contributed by atoms with E-state index in [4.69, 9.17) is 5.11 Å². The Hall–Kier alpha value is -1.35. The van der Waals surface area contributed by atoms with E-state index in [1.54, 1.807) is 0 Å². The number of hydrogen-bond acceptors (Lipinski definition) is 2. The molecule has 0 amide bonds. The fraction of sp³-hybridized carbons (Fsp3) is 0.364. The van der Waals surface area contributed by atoms with Crippen LogP contribution in [0.4, 0.5) is 0 Å². The second-order valence-electron chi connectivity index (χ2n) is 3.35. The van der Waals surface area contributed by atoms with E-state index in [9.17, 15) is 4.79 Å². The Morgan fingerprint density at radius 1 is 1.50 bits per heavy atom. The maximum atomic E-state index is 10.4. The lowest BCUT2D eigenvalue weighted by Gasteiger charge is -2.14. The summed E-state index contributed by atoms with van der Waals surface area (Å²) in [4.78, 5) is 10.4. The molecule has 2 N–H and O–H groups in total. The largest absolute Gasteiger partial charge is 0.480 e. The van der Waals surface area contributed by atoms with Crippen molar-refractivity contribution in [3.63, 3.8) is 0 Å². The summed E-state index contributed by atoms with van der Waals surface area (Å²) in [5.74, 6) is -0.828. The van der Waals surface area contributed by atoms with Crippen molar-refractivity contribution < 1.29 is 9.90 Å². The van der Waals surface area contributed by atoms with Crippen LogP contribution in [0.5, 0.6) is 0 Å². The molecule has 0 aliphatic carbocycles. The third kappa shape index (κ3) is 2.85. The van der Waals surface area contributed by atoms with Crippen molar-refractivity contribution in [2.45, 2.75) is 19.9 Å². The zero-order valence-corrected chi connectivity index (χ0v) is 8.45. The average molecular weight is 193 g/mol. The summed E-state index contributed by atoms with van der Waals surface area (Å²) < 4.78 is 0. The first-order chi connectivity index (χ1) is 6.61. The number of carboxylic acid groups (broad SMARTS) is 1. The first-order valence-corrected chi connectivity index (χ1v) is 4.62. The molecule has 0 aliphatic heterocycles. The lowest BCUT2D eigenvalue weighted by atomic mass is 10.0. The molecular weight excluding hydrogens is 178 g/mol. The minimum absolute atomic E-state index is 0.00446. The van der Waals surface area contributed by atoms with E-state index < -0.39 is 5.97 Å². The number of aryl methyl sites for hydroxylation is 1. The minimum atomic E-state index is -0.828. The van der Waals surface area contributed by atoms with Crippen molar-refractivity contribution in [3.8, 4) is 0 Å². The monoisotopic (exact) mass is 193 g/mol. The van der Waals surface area contributed by atoms with Gasteiger partial charge in [0.2, 0.25) is 0 Å². The molecule has 0 saturated carbocycles. The van der Waals surface area contributed by atoms with Gasteiger partial charge in [0.1, 0.15) is 0 Å². The van der Waals surface area contributed by atoms with E-state index in [0.29, 0.717) is 0 Å². The van der Waals surface area contributed by atoms with Crippen molar-refractivity contribution >= 4 is 5.97 Å². The number of carbonyl (C=O) groups is 1. The van der Waals surface area contributed by atoms with Gasteiger partial charge >= 0.3 is 5.97 Å². The van der Waals surface area contributed by atoms with Crippen LogP contribution in [0.15, 0.2) is 24.3 Å². The van der Waals surface area contributed by atoms with E-state index in [0.717, 1.165) is 5.56 Å². The number of hydrogen-bond donors (Lipinski definition) is 2. The van der Waals surface area contributed by atoms with Gasteiger partial charge in [-0.25, -0.2) is 0 Å². The van der Waals surface area contributed by atoms with Crippen LogP contribution in [-0.4, -0.2) is 17.6 Å². The standard InChI is InChI=1S/C11H15NO2/c1-8-5-3-4-6-10(8)9(2)12-7-11(13)14/h3-6,9,12H,7H2,1-2H3,(H,13,14)/t9-/m0/s1. The lowest BCUT2D eigenvalue weighted by Crippen LogP contribution is -2.25. The molecule has 0 unspecified atom stereocenters. The Bertz CT molecular complexity index is 323. The van der Waals surface area contributed by atoms with Gasteiger partial charge in [-0.1, -0.05) is 24.3 Å². The molecule has 0 aliphatic rings. The van der Waals surface area contributed by atoms with Crippen LogP contribution < -0.4 is 5.32 Å². The second kappa shape index (κ2) is 4.77. The van der Waals surface area contributed by atoms with Gasteiger partial charge < -0.3 is 10.4 Å². The molecule has 3 nitrogen and oxygen atoms in total. The minimum Gasteiger partial charge on any atom is -0.480 e. The van der Waals surface area contributed by atoms with Crippen LogP contribution >= 0.6 is 0 Å². The molecule has 1 atom stereocenters. The Kier molecular flexibility index (Phi) is 3.65. The molecule has 3 heteroatoms. The van der Waals surface area contributed by atoms with E-state index in [1.807, 2.05) is 38.1 Å². The molecule has 1 aromatic carbocycles. The van der Waals surface area contributed by atoms with Crippen LogP contribution in [0.25, 0.3) is 0 Å². The predicted molar refractivity (Wildman–Crippen MR) is 55.2 cm³/mol. The summed E-state index contributed by atoms with van der Waals surface area (Å²) in [5.41, 5.74) is 2.33. The van der Waals surface area contributed by atoms with Gasteiger partial charge in [-0.2, -0.15) is 0 Å². The SMILES string of the molecule is Cc1ccccc1[C@H](C)NCC(=O)O. The normalized spacial score (nSPS) is 12.4. The third-order valence-corrected chi connectivity index (χ3v) is 2.21. The third-order valence-electron chi connectivity index (χ3n) is 2.21. The molecule has 1 rings (SSSR count). The maximum Gasteiger partial charge on any atom is 0.317 e. The molecule has 76 valence electrons. The molecule has 0 fully saturated rings.